The maximum Gasteiger partial charge on any atom is 0.0699 e. The fraction of sp³-hybridized carbons (Fsp3) is 1.00. The highest BCUT2D eigenvalue weighted by Gasteiger charge is 2.17. The van der Waals surface area contributed by atoms with Crippen molar-refractivity contribution in [2.75, 3.05) is 26.4 Å². The van der Waals surface area contributed by atoms with Crippen LogP contribution in [0.25, 0.3) is 0 Å². The molecule has 1 unspecified atom stereocenters. The first-order valence-electron chi connectivity index (χ1n) is 5.88. The molecule has 0 aromatic rings. The molecular weight excluding hydrogens is 178 g/mol. The summed E-state index contributed by atoms with van der Waals surface area (Å²) in [5.74, 6) is 0. The molecule has 0 aromatic carbocycles. The highest BCUT2D eigenvalue weighted by Crippen LogP contribution is 2.13. The third-order valence-corrected chi connectivity index (χ3v) is 3.13. The molecule has 3 nitrogen and oxygen atoms in total. The highest BCUT2D eigenvalue weighted by atomic mass is 16.5. The van der Waals surface area contributed by atoms with Gasteiger partial charge in [0, 0.05) is 32.4 Å². The van der Waals surface area contributed by atoms with Crippen LogP contribution in [-0.4, -0.2) is 38.5 Å². The summed E-state index contributed by atoms with van der Waals surface area (Å²) in [6.45, 7) is 3.83. The van der Waals surface area contributed by atoms with E-state index in [1.165, 1.54) is 19.3 Å². The van der Waals surface area contributed by atoms with Gasteiger partial charge in [-0.25, -0.2) is 0 Å². The van der Waals surface area contributed by atoms with Crippen LogP contribution in [0.1, 0.15) is 32.1 Å². The Labute approximate surface area is 86.2 Å². The minimum absolute atomic E-state index is 0.464. The van der Waals surface area contributed by atoms with Crippen molar-refractivity contribution in [1.82, 2.24) is 5.32 Å². The van der Waals surface area contributed by atoms with Crippen molar-refractivity contribution in [3.63, 3.8) is 0 Å². The van der Waals surface area contributed by atoms with E-state index in [-0.39, 0.29) is 0 Å². The van der Waals surface area contributed by atoms with Gasteiger partial charge in [-0.15, -0.1) is 0 Å². The van der Waals surface area contributed by atoms with Crippen molar-refractivity contribution in [3.05, 3.63) is 0 Å². The molecule has 82 valence electrons. The van der Waals surface area contributed by atoms with Gasteiger partial charge in [0.25, 0.3) is 0 Å². The van der Waals surface area contributed by atoms with Crippen LogP contribution in [0.4, 0.5) is 0 Å². The summed E-state index contributed by atoms with van der Waals surface area (Å²) < 4.78 is 11.0. The smallest absolute Gasteiger partial charge is 0.0699 e. The second-order valence-electron chi connectivity index (χ2n) is 4.28. The Morgan fingerprint density at radius 3 is 2.57 bits per heavy atom. The van der Waals surface area contributed by atoms with Crippen LogP contribution in [0.3, 0.4) is 0 Å². The van der Waals surface area contributed by atoms with Crippen LogP contribution < -0.4 is 5.32 Å². The standard InChI is InChI=1S/C11H21NO2/c1-2-6-14-11(3-1)9-12-10-4-7-13-8-5-10/h10-12H,1-9H2. The molecule has 1 N–H and O–H groups in total. The first-order chi connectivity index (χ1) is 6.95. The number of ether oxygens (including phenoxy) is 2. The van der Waals surface area contributed by atoms with Gasteiger partial charge in [0.1, 0.15) is 0 Å². The van der Waals surface area contributed by atoms with Crippen LogP contribution in [0, 0.1) is 0 Å². The molecule has 2 heterocycles. The number of rotatable bonds is 3. The monoisotopic (exact) mass is 199 g/mol. The van der Waals surface area contributed by atoms with Gasteiger partial charge in [0.05, 0.1) is 6.10 Å². The third kappa shape index (κ3) is 3.23. The lowest BCUT2D eigenvalue weighted by molar-refractivity contribution is 0.0106. The Bertz CT molecular complexity index is 133. The quantitative estimate of drug-likeness (QED) is 0.743. The van der Waals surface area contributed by atoms with Gasteiger partial charge in [0.2, 0.25) is 0 Å². The van der Waals surface area contributed by atoms with E-state index in [1.54, 1.807) is 0 Å². The van der Waals surface area contributed by atoms with Crippen molar-refractivity contribution in [2.24, 2.45) is 0 Å². The predicted molar refractivity (Wildman–Crippen MR) is 55.4 cm³/mol. The highest BCUT2D eigenvalue weighted by molar-refractivity contribution is 4.74. The normalized spacial score (nSPS) is 30.4. The van der Waals surface area contributed by atoms with Gasteiger partial charge in [-0.05, 0) is 32.1 Å². The average molecular weight is 199 g/mol. The summed E-state index contributed by atoms with van der Waals surface area (Å²) in [4.78, 5) is 0. The Kier molecular flexibility index (Phi) is 4.22. The zero-order valence-corrected chi connectivity index (χ0v) is 8.84. The Hall–Kier alpha value is -0.120. The summed E-state index contributed by atoms with van der Waals surface area (Å²) in [6, 6.07) is 0.661. The second-order valence-corrected chi connectivity index (χ2v) is 4.28. The predicted octanol–water partition coefficient (Wildman–Crippen LogP) is 1.32. The zero-order chi connectivity index (χ0) is 9.64. The molecule has 2 fully saturated rings. The van der Waals surface area contributed by atoms with E-state index < -0.39 is 0 Å². The molecule has 0 bridgehead atoms. The van der Waals surface area contributed by atoms with Crippen molar-refractivity contribution in [1.29, 1.82) is 0 Å². The molecule has 3 heteroatoms. The Morgan fingerprint density at radius 1 is 1.00 bits per heavy atom. The molecule has 2 rings (SSSR count). The minimum Gasteiger partial charge on any atom is -0.381 e. The summed E-state index contributed by atoms with van der Waals surface area (Å²) in [7, 11) is 0. The maximum atomic E-state index is 5.68. The molecular formula is C11H21NO2. The molecule has 2 aliphatic heterocycles. The fourth-order valence-corrected chi connectivity index (χ4v) is 2.17. The molecule has 1 atom stereocenters. The summed E-state index contributed by atoms with van der Waals surface area (Å²) in [6.07, 6.45) is 6.59. The molecule has 0 aliphatic carbocycles. The lowest BCUT2D eigenvalue weighted by Crippen LogP contribution is -2.40. The molecule has 2 saturated heterocycles. The van der Waals surface area contributed by atoms with E-state index in [9.17, 15) is 0 Å². The van der Waals surface area contributed by atoms with Crippen LogP contribution in [0.2, 0.25) is 0 Å². The summed E-state index contributed by atoms with van der Waals surface area (Å²) >= 11 is 0. The largest absolute Gasteiger partial charge is 0.381 e. The van der Waals surface area contributed by atoms with Crippen molar-refractivity contribution in [2.45, 2.75) is 44.2 Å². The van der Waals surface area contributed by atoms with E-state index >= 15 is 0 Å². The second kappa shape index (κ2) is 5.69. The van der Waals surface area contributed by atoms with Gasteiger partial charge in [-0.1, -0.05) is 0 Å². The van der Waals surface area contributed by atoms with E-state index in [0.29, 0.717) is 12.1 Å². The van der Waals surface area contributed by atoms with Crippen molar-refractivity contribution >= 4 is 0 Å². The van der Waals surface area contributed by atoms with E-state index in [0.717, 1.165) is 39.2 Å². The van der Waals surface area contributed by atoms with Gasteiger partial charge in [0.15, 0.2) is 0 Å². The lowest BCUT2D eigenvalue weighted by Gasteiger charge is -2.28. The summed E-state index contributed by atoms with van der Waals surface area (Å²) in [5, 5.41) is 3.59. The number of hydrogen-bond acceptors (Lipinski definition) is 3. The molecule has 0 amide bonds. The van der Waals surface area contributed by atoms with Crippen LogP contribution in [0.5, 0.6) is 0 Å². The Morgan fingerprint density at radius 2 is 1.86 bits per heavy atom. The average Bonchev–Trinajstić information content (AvgIpc) is 2.29. The first-order valence-corrected chi connectivity index (χ1v) is 5.88. The van der Waals surface area contributed by atoms with E-state index in [2.05, 4.69) is 5.32 Å². The topological polar surface area (TPSA) is 30.5 Å². The number of nitrogens with one attached hydrogen (secondary N) is 1. The number of hydrogen-bond donors (Lipinski definition) is 1. The van der Waals surface area contributed by atoms with Crippen LogP contribution in [-0.2, 0) is 9.47 Å². The third-order valence-electron chi connectivity index (χ3n) is 3.13. The van der Waals surface area contributed by atoms with E-state index in [4.69, 9.17) is 9.47 Å². The lowest BCUT2D eigenvalue weighted by atomic mass is 10.1. The van der Waals surface area contributed by atoms with E-state index in [1.807, 2.05) is 0 Å². The zero-order valence-electron chi connectivity index (χ0n) is 8.84. The minimum atomic E-state index is 0.464. The van der Waals surface area contributed by atoms with Crippen LogP contribution in [0.15, 0.2) is 0 Å². The van der Waals surface area contributed by atoms with Gasteiger partial charge in [-0.3, -0.25) is 0 Å². The molecule has 2 aliphatic rings. The van der Waals surface area contributed by atoms with Crippen LogP contribution >= 0.6 is 0 Å². The van der Waals surface area contributed by atoms with Crippen molar-refractivity contribution < 1.29 is 9.47 Å². The first kappa shape index (κ1) is 10.4. The Balaban J connectivity index is 1.60. The fourth-order valence-electron chi connectivity index (χ4n) is 2.17. The SMILES string of the molecule is C1CCC(CNC2CCOCC2)OC1. The van der Waals surface area contributed by atoms with Gasteiger partial charge < -0.3 is 14.8 Å². The molecule has 0 radical (unpaired) electrons. The molecule has 14 heavy (non-hydrogen) atoms. The maximum absolute atomic E-state index is 5.68. The summed E-state index contributed by atoms with van der Waals surface area (Å²) in [5.41, 5.74) is 0. The molecule has 0 spiro atoms. The molecule has 0 aromatic heterocycles. The van der Waals surface area contributed by atoms with Crippen molar-refractivity contribution in [3.8, 4) is 0 Å². The molecule has 0 saturated carbocycles. The van der Waals surface area contributed by atoms with Gasteiger partial charge in [-0.2, -0.15) is 0 Å². The van der Waals surface area contributed by atoms with Gasteiger partial charge >= 0.3 is 0 Å².